The van der Waals surface area contributed by atoms with Crippen molar-refractivity contribution in [2.24, 2.45) is 7.05 Å². The molecule has 0 spiro atoms. The molecular weight excluding hydrogens is 466 g/mol. The van der Waals surface area contributed by atoms with Crippen LogP contribution in [-0.2, 0) is 11.8 Å². The first-order valence-electron chi connectivity index (χ1n) is 10.1. The molecule has 11 heteroatoms. The fourth-order valence-corrected chi connectivity index (χ4v) is 4.13. The van der Waals surface area contributed by atoms with Crippen molar-refractivity contribution >= 4 is 40.9 Å². The molecule has 2 heterocycles. The Hall–Kier alpha value is -3.24. The predicted molar refractivity (Wildman–Crippen MR) is 125 cm³/mol. The molecule has 1 aliphatic rings. The minimum Gasteiger partial charge on any atom is -0.454 e. The third-order valence-corrected chi connectivity index (χ3v) is 6.39. The SMILES string of the molecule is C[C@H](NC(=O)c1ccc(Cl)cc1)c1nnc(S[C@H](C)C(=O)Nc2ccc3c(c2)OCO3)n1C. The first kappa shape index (κ1) is 22.9. The summed E-state index contributed by atoms with van der Waals surface area (Å²) in [6, 6.07) is 11.5. The van der Waals surface area contributed by atoms with Gasteiger partial charge in [-0.2, -0.15) is 0 Å². The summed E-state index contributed by atoms with van der Waals surface area (Å²) in [6.45, 7) is 3.78. The van der Waals surface area contributed by atoms with Gasteiger partial charge < -0.3 is 24.7 Å². The number of hydrogen-bond acceptors (Lipinski definition) is 7. The van der Waals surface area contributed by atoms with Crippen molar-refractivity contribution in [1.82, 2.24) is 20.1 Å². The summed E-state index contributed by atoms with van der Waals surface area (Å²) in [5.41, 5.74) is 1.12. The highest BCUT2D eigenvalue weighted by atomic mass is 35.5. The van der Waals surface area contributed by atoms with Crippen LogP contribution in [0.25, 0.3) is 0 Å². The summed E-state index contributed by atoms with van der Waals surface area (Å²) in [6.07, 6.45) is 0. The summed E-state index contributed by atoms with van der Waals surface area (Å²) in [5.74, 6) is 1.39. The smallest absolute Gasteiger partial charge is 0.251 e. The Morgan fingerprint density at radius 1 is 1.09 bits per heavy atom. The number of carbonyl (C=O) groups is 2. The number of thioether (sulfide) groups is 1. The van der Waals surface area contributed by atoms with E-state index < -0.39 is 11.3 Å². The number of fused-ring (bicyclic) bond motifs is 1. The summed E-state index contributed by atoms with van der Waals surface area (Å²) in [7, 11) is 1.80. The van der Waals surface area contributed by atoms with Gasteiger partial charge in [0.2, 0.25) is 12.7 Å². The second kappa shape index (κ2) is 9.72. The van der Waals surface area contributed by atoms with E-state index >= 15 is 0 Å². The highest BCUT2D eigenvalue weighted by molar-refractivity contribution is 8.00. The van der Waals surface area contributed by atoms with Gasteiger partial charge in [-0.15, -0.1) is 10.2 Å². The van der Waals surface area contributed by atoms with E-state index in [2.05, 4.69) is 20.8 Å². The van der Waals surface area contributed by atoms with Gasteiger partial charge in [0.15, 0.2) is 22.5 Å². The average Bonchev–Trinajstić information content (AvgIpc) is 3.40. The van der Waals surface area contributed by atoms with Crippen LogP contribution in [0.3, 0.4) is 0 Å². The molecule has 2 N–H and O–H groups in total. The van der Waals surface area contributed by atoms with Crippen LogP contribution in [0.15, 0.2) is 47.6 Å². The Labute approximate surface area is 199 Å². The number of aromatic nitrogens is 3. The highest BCUT2D eigenvalue weighted by Gasteiger charge is 2.23. The van der Waals surface area contributed by atoms with Crippen molar-refractivity contribution < 1.29 is 19.1 Å². The number of nitrogens with one attached hydrogen (secondary N) is 2. The van der Waals surface area contributed by atoms with Gasteiger partial charge in [-0.3, -0.25) is 9.59 Å². The molecule has 0 aliphatic carbocycles. The van der Waals surface area contributed by atoms with Crippen molar-refractivity contribution in [2.45, 2.75) is 30.3 Å². The predicted octanol–water partition coefficient (Wildman–Crippen LogP) is 3.81. The molecule has 172 valence electrons. The average molecular weight is 488 g/mol. The quantitative estimate of drug-likeness (QED) is 0.488. The number of benzene rings is 2. The van der Waals surface area contributed by atoms with Gasteiger partial charge in [0.05, 0.1) is 11.3 Å². The fourth-order valence-electron chi connectivity index (χ4n) is 3.18. The summed E-state index contributed by atoms with van der Waals surface area (Å²) >= 11 is 7.15. The minimum absolute atomic E-state index is 0.173. The van der Waals surface area contributed by atoms with Gasteiger partial charge in [0.25, 0.3) is 5.91 Å². The van der Waals surface area contributed by atoms with E-state index in [4.69, 9.17) is 21.1 Å². The maximum absolute atomic E-state index is 12.7. The van der Waals surface area contributed by atoms with E-state index in [1.807, 2.05) is 6.92 Å². The second-order valence-corrected chi connectivity index (χ2v) is 9.16. The number of ether oxygens (including phenoxy) is 2. The third-order valence-electron chi connectivity index (χ3n) is 5.00. The number of carbonyl (C=O) groups excluding carboxylic acids is 2. The number of rotatable bonds is 7. The molecule has 0 fully saturated rings. The van der Waals surface area contributed by atoms with Crippen molar-refractivity contribution in [3.8, 4) is 11.5 Å². The highest BCUT2D eigenvalue weighted by Crippen LogP contribution is 2.34. The van der Waals surface area contributed by atoms with Crippen molar-refractivity contribution in [3.63, 3.8) is 0 Å². The monoisotopic (exact) mass is 487 g/mol. The standard InChI is InChI=1S/C22H22ClN5O4S/c1-12(24-21(30)14-4-6-15(23)7-5-14)19-26-27-22(28(19)3)33-13(2)20(29)25-16-8-9-17-18(10-16)32-11-31-17/h4-10,12-13H,11H2,1-3H3,(H,24,30)(H,25,29)/t12-,13+/m0/s1. The van der Waals surface area contributed by atoms with Gasteiger partial charge >= 0.3 is 0 Å². The zero-order valence-electron chi connectivity index (χ0n) is 18.2. The molecule has 1 aliphatic heterocycles. The molecule has 2 aromatic carbocycles. The van der Waals surface area contributed by atoms with Gasteiger partial charge in [-0.25, -0.2) is 0 Å². The number of halogens is 1. The maximum atomic E-state index is 12.7. The molecule has 0 bridgehead atoms. The van der Waals surface area contributed by atoms with E-state index in [0.717, 1.165) is 0 Å². The number of hydrogen-bond donors (Lipinski definition) is 2. The van der Waals surface area contributed by atoms with Crippen molar-refractivity contribution in [3.05, 3.63) is 58.9 Å². The maximum Gasteiger partial charge on any atom is 0.251 e. The van der Waals surface area contributed by atoms with Gasteiger partial charge in [-0.1, -0.05) is 23.4 Å². The Morgan fingerprint density at radius 3 is 2.58 bits per heavy atom. The lowest BCUT2D eigenvalue weighted by atomic mass is 10.2. The zero-order chi connectivity index (χ0) is 23.5. The largest absolute Gasteiger partial charge is 0.454 e. The fraction of sp³-hybridized carbons (Fsp3) is 0.273. The van der Waals surface area contributed by atoms with Gasteiger partial charge in [0, 0.05) is 29.4 Å². The Kier molecular flexibility index (Phi) is 6.75. The lowest BCUT2D eigenvalue weighted by Crippen LogP contribution is -2.28. The Morgan fingerprint density at radius 2 is 1.82 bits per heavy atom. The molecule has 4 rings (SSSR count). The van der Waals surface area contributed by atoms with Crippen LogP contribution in [0.4, 0.5) is 5.69 Å². The molecule has 2 atom stereocenters. The minimum atomic E-state index is -0.440. The molecule has 2 amide bonds. The molecule has 0 unspecified atom stereocenters. The number of anilines is 1. The van der Waals surface area contributed by atoms with Crippen LogP contribution in [0.2, 0.25) is 5.02 Å². The normalized spacial score (nSPS) is 13.9. The lowest BCUT2D eigenvalue weighted by Gasteiger charge is -2.15. The Bertz CT molecular complexity index is 1180. The lowest BCUT2D eigenvalue weighted by molar-refractivity contribution is -0.115. The number of amides is 2. The summed E-state index contributed by atoms with van der Waals surface area (Å²) in [5, 5.41) is 14.9. The third kappa shape index (κ3) is 5.23. The van der Waals surface area contributed by atoms with Crippen LogP contribution in [0, 0.1) is 0 Å². The van der Waals surface area contributed by atoms with Gasteiger partial charge in [0.1, 0.15) is 0 Å². The molecule has 0 saturated heterocycles. The van der Waals surface area contributed by atoms with Crippen molar-refractivity contribution in [1.29, 1.82) is 0 Å². The van der Waals surface area contributed by atoms with E-state index in [9.17, 15) is 9.59 Å². The molecule has 0 radical (unpaired) electrons. The van der Waals surface area contributed by atoms with E-state index in [1.165, 1.54) is 11.8 Å². The molecule has 0 saturated carbocycles. The molecular formula is C22H22ClN5O4S. The molecule has 3 aromatic rings. The van der Waals surface area contributed by atoms with Gasteiger partial charge in [-0.05, 0) is 50.2 Å². The van der Waals surface area contributed by atoms with Crippen LogP contribution >= 0.6 is 23.4 Å². The molecule has 33 heavy (non-hydrogen) atoms. The topological polar surface area (TPSA) is 107 Å². The second-order valence-electron chi connectivity index (χ2n) is 7.42. The Balaban J connectivity index is 1.37. The van der Waals surface area contributed by atoms with Crippen LogP contribution in [0.5, 0.6) is 11.5 Å². The molecule has 9 nitrogen and oxygen atoms in total. The summed E-state index contributed by atoms with van der Waals surface area (Å²) < 4.78 is 12.4. The van der Waals surface area contributed by atoms with Crippen LogP contribution < -0.4 is 20.1 Å². The summed E-state index contributed by atoms with van der Waals surface area (Å²) in [4.78, 5) is 25.2. The van der Waals surface area contributed by atoms with Crippen molar-refractivity contribution in [2.75, 3.05) is 12.1 Å². The number of nitrogens with zero attached hydrogens (tertiary/aromatic N) is 3. The van der Waals surface area contributed by atoms with E-state index in [0.29, 0.717) is 38.8 Å². The van der Waals surface area contributed by atoms with Crippen LogP contribution in [0.1, 0.15) is 36.1 Å². The first-order chi connectivity index (χ1) is 15.8. The first-order valence-corrected chi connectivity index (χ1v) is 11.4. The van der Waals surface area contributed by atoms with E-state index in [1.54, 1.807) is 61.0 Å². The van der Waals surface area contributed by atoms with Crippen LogP contribution in [-0.4, -0.2) is 38.6 Å². The molecule has 1 aromatic heterocycles. The van der Waals surface area contributed by atoms with E-state index in [-0.39, 0.29) is 18.6 Å². The zero-order valence-corrected chi connectivity index (χ0v) is 19.7.